The molecule has 6 rings (SSSR count). The van der Waals surface area contributed by atoms with E-state index in [0.717, 1.165) is 32.7 Å². The van der Waals surface area contributed by atoms with E-state index in [-0.39, 0.29) is 0 Å². The molecule has 0 aliphatic carbocycles. The van der Waals surface area contributed by atoms with Gasteiger partial charge >= 0.3 is 0 Å². The van der Waals surface area contributed by atoms with Crippen LogP contribution in [0.5, 0.6) is 0 Å². The van der Waals surface area contributed by atoms with Crippen LogP contribution >= 0.6 is 0 Å². The van der Waals surface area contributed by atoms with Crippen molar-refractivity contribution in [1.29, 1.82) is 0 Å². The fourth-order valence-corrected chi connectivity index (χ4v) is 4.97. The first-order valence-corrected chi connectivity index (χ1v) is 11.1. The summed E-state index contributed by atoms with van der Waals surface area (Å²) in [6, 6.07) is 28.2. The first kappa shape index (κ1) is 18.3. The zero-order chi connectivity index (χ0) is 20.6. The number of benzene rings is 3. The molecule has 31 heavy (non-hydrogen) atoms. The maximum Gasteiger partial charge on any atom is 0.0474 e. The molecule has 0 bridgehead atoms. The molecule has 0 saturated carbocycles. The zero-order valence-corrected chi connectivity index (χ0v) is 17.5. The van der Waals surface area contributed by atoms with Crippen LogP contribution in [0.2, 0.25) is 0 Å². The summed E-state index contributed by atoms with van der Waals surface area (Å²) < 4.78 is 0. The molecule has 2 aromatic heterocycles. The molecule has 0 atom stereocenters. The number of anilines is 1. The molecule has 154 valence electrons. The Morgan fingerprint density at radius 2 is 1.45 bits per heavy atom. The summed E-state index contributed by atoms with van der Waals surface area (Å²) in [6.45, 7) is 5.16. The number of aromatic nitrogens is 2. The number of nitrogens with one attached hydrogen (secondary N) is 2. The van der Waals surface area contributed by atoms with E-state index in [2.05, 4.69) is 98.6 Å². The molecule has 3 heterocycles. The SMILES string of the molecule is c1ccc(-c2c(CN3CCN(c4cccc5[nH]ccc45)CC3)[nH]c3ccccc23)cc1. The van der Waals surface area contributed by atoms with E-state index in [9.17, 15) is 0 Å². The Bertz CT molecular complexity index is 1320. The van der Waals surface area contributed by atoms with E-state index in [1.54, 1.807) is 0 Å². The van der Waals surface area contributed by atoms with Gasteiger partial charge in [-0.05, 0) is 29.8 Å². The van der Waals surface area contributed by atoms with Gasteiger partial charge in [-0.3, -0.25) is 4.90 Å². The van der Waals surface area contributed by atoms with Gasteiger partial charge in [0.15, 0.2) is 0 Å². The Balaban J connectivity index is 1.25. The van der Waals surface area contributed by atoms with Gasteiger partial charge in [0.1, 0.15) is 0 Å². The first-order chi connectivity index (χ1) is 15.4. The molecular weight excluding hydrogens is 380 g/mol. The minimum absolute atomic E-state index is 0.946. The fourth-order valence-electron chi connectivity index (χ4n) is 4.97. The monoisotopic (exact) mass is 406 g/mol. The van der Waals surface area contributed by atoms with Crippen molar-refractivity contribution in [3.8, 4) is 11.1 Å². The van der Waals surface area contributed by atoms with Gasteiger partial charge in [0.2, 0.25) is 0 Å². The second-order valence-electron chi connectivity index (χ2n) is 8.37. The molecule has 0 unspecified atom stereocenters. The second kappa shape index (κ2) is 7.64. The van der Waals surface area contributed by atoms with E-state index < -0.39 is 0 Å². The highest BCUT2D eigenvalue weighted by Gasteiger charge is 2.21. The largest absolute Gasteiger partial charge is 0.368 e. The third kappa shape index (κ3) is 3.29. The van der Waals surface area contributed by atoms with Gasteiger partial charge in [0.05, 0.1) is 0 Å². The summed E-state index contributed by atoms with van der Waals surface area (Å²) in [5, 5.41) is 2.62. The Hall–Kier alpha value is -3.50. The molecule has 1 aliphatic heterocycles. The summed E-state index contributed by atoms with van der Waals surface area (Å²) in [5.41, 5.74) is 7.71. The Morgan fingerprint density at radius 3 is 2.32 bits per heavy atom. The predicted molar refractivity (Wildman–Crippen MR) is 130 cm³/mol. The average Bonchev–Trinajstić information content (AvgIpc) is 3.44. The van der Waals surface area contributed by atoms with Gasteiger partial charge in [-0.25, -0.2) is 0 Å². The third-order valence-electron chi connectivity index (χ3n) is 6.51. The number of fused-ring (bicyclic) bond motifs is 2. The number of piperazine rings is 1. The molecule has 4 heteroatoms. The lowest BCUT2D eigenvalue weighted by Gasteiger charge is -2.36. The highest BCUT2D eigenvalue weighted by atomic mass is 15.3. The zero-order valence-electron chi connectivity index (χ0n) is 17.5. The minimum atomic E-state index is 0.946. The predicted octanol–water partition coefficient (Wildman–Crippen LogP) is 5.64. The topological polar surface area (TPSA) is 38.1 Å². The smallest absolute Gasteiger partial charge is 0.0474 e. The molecule has 5 aromatic rings. The van der Waals surface area contributed by atoms with E-state index in [1.807, 2.05) is 6.20 Å². The number of hydrogen-bond acceptors (Lipinski definition) is 2. The number of hydrogen-bond donors (Lipinski definition) is 2. The van der Waals surface area contributed by atoms with Gasteiger partial charge in [-0.2, -0.15) is 0 Å². The summed E-state index contributed by atoms with van der Waals surface area (Å²) in [5.74, 6) is 0. The highest BCUT2D eigenvalue weighted by molar-refractivity contribution is 5.97. The number of para-hydroxylation sites is 1. The lowest BCUT2D eigenvalue weighted by molar-refractivity contribution is 0.248. The summed E-state index contributed by atoms with van der Waals surface area (Å²) in [6.07, 6.45) is 2.03. The van der Waals surface area contributed by atoms with Gasteiger partial charge in [-0.1, -0.05) is 54.6 Å². The Kier molecular flexibility index (Phi) is 4.50. The van der Waals surface area contributed by atoms with Crippen LogP contribution in [-0.2, 0) is 6.54 Å². The number of nitrogens with zero attached hydrogens (tertiary/aromatic N) is 2. The third-order valence-corrected chi connectivity index (χ3v) is 6.51. The number of aromatic amines is 2. The van der Waals surface area contributed by atoms with E-state index in [1.165, 1.54) is 44.3 Å². The average molecular weight is 407 g/mol. The Morgan fingerprint density at radius 1 is 0.677 bits per heavy atom. The lowest BCUT2D eigenvalue weighted by Crippen LogP contribution is -2.46. The Labute approximate surface area is 182 Å². The number of rotatable bonds is 4. The van der Waals surface area contributed by atoms with Crippen molar-refractivity contribution in [2.24, 2.45) is 0 Å². The van der Waals surface area contributed by atoms with Crippen molar-refractivity contribution in [3.63, 3.8) is 0 Å². The molecule has 1 saturated heterocycles. The van der Waals surface area contributed by atoms with E-state index in [0.29, 0.717) is 0 Å². The van der Waals surface area contributed by atoms with Crippen molar-refractivity contribution in [2.75, 3.05) is 31.1 Å². The maximum atomic E-state index is 3.71. The van der Waals surface area contributed by atoms with E-state index >= 15 is 0 Å². The molecule has 0 radical (unpaired) electrons. The van der Waals surface area contributed by atoms with Crippen molar-refractivity contribution in [3.05, 3.63) is 90.8 Å². The van der Waals surface area contributed by atoms with Gasteiger partial charge in [0, 0.05) is 77.7 Å². The fraction of sp³-hybridized carbons (Fsp3) is 0.185. The summed E-state index contributed by atoms with van der Waals surface area (Å²) in [7, 11) is 0. The molecular formula is C27H26N4. The van der Waals surface area contributed by atoms with Gasteiger partial charge in [-0.15, -0.1) is 0 Å². The van der Waals surface area contributed by atoms with Crippen molar-refractivity contribution in [2.45, 2.75) is 6.54 Å². The minimum Gasteiger partial charge on any atom is -0.368 e. The molecule has 1 fully saturated rings. The van der Waals surface area contributed by atoms with Crippen LogP contribution in [0.15, 0.2) is 85.1 Å². The van der Waals surface area contributed by atoms with Gasteiger partial charge in [0.25, 0.3) is 0 Å². The van der Waals surface area contributed by atoms with Crippen LogP contribution in [-0.4, -0.2) is 41.0 Å². The van der Waals surface area contributed by atoms with Crippen LogP contribution in [0.1, 0.15) is 5.69 Å². The quantitative estimate of drug-likeness (QED) is 0.405. The standard InChI is InChI=1S/C27H26N4/c1-2-7-20(8-3-1)27-22-9-4-5-10-24(22)29-25(27)19-30-15-17-31(18-16-30)26-12-6-11-23-21(26)13-14-28-23/h1-14,28-29H,15-19H2. The lowest BCUT2D eigenvalue weighted by atomic mass is 10.0. The second-order valence-corrected chi connectivity index (χ2v) is 8.37. The first-order valence-electron chi connectivity index (χ1n) is 11.1. The highest BCUT2D eigenvalue weighted by Crippen LogP contribution is 2.33. The normalized spacial score (nSPS) is 15.2. The molecule has 1 aliphatic rings. The van der Waals surface area contributed by atoms with Crippen molar-refractivity contribution in [1.82, 2.24) is 14.9 Å². The maximum absolute atomic E-state index is 3.71. The summed E-state index contributed by atoms with van der Waals surface area (Å²) in [4.78, 5) is 12.1. The van der Waals surface area contributed by atoms with Gasteiger partial charge < -0.3 is 14.9 Å². The van der Waals surface area contributed by atoms with E-state index in [4.69, 9.17) is 0 Å². The van der Waals surface area contributed by atoms with Crippen LogP contribution < -0.4 is 4.90 Å². The van der Waals surface area contributed by atoms with Crippen LogP contribution in [0.25, 0.3) is 32.9 Å². The molecule has 4 nitrogen and oxygen atoms in total. The van der Waals surface area contributed by atoms with Crippen LogP contribution in [0.4, 0.5) is 5.69 Å². The molecule has 2 N–H and O–H groups in total. The molecule has 3 aromatic carbocycles. The molecule has 0 spiro atoms. The molecule has 0 amide bonds. The number of H-pyrrole nitrogens is 2. The van der Waals surface area contributed by atoms with Crippen LogP contribution in [0.3, 0.4) is 0 Å². The van der Waals surface area contributed by atoms with Crippen LogP contribution in [0, 0.1) is 0 Å². The summed E-state index contributed by atoms with van der Waals surface area (Å²) >= 11 is 0. The van der Waals surface area contributed by atoms with Crippen molar-refractivity contribution < 1.29 is 0 Å². The van der Waals surface area contributed by atoms with Crippen molar-refractivity contribution >= 4 is 27.5 Å².